The second kappa shape index (κ2) is 5.29. The number of aromatic carboxylic acids is 1. The molecule has 1 aromatic heterocycles. The standard InChI is InChI=1S/C11H18N4O2/c1-13-4-6-14(7-5-13)8-9-15-10(11(16)17)2-3-12-15/h2-3H,4-9H2,1H3,(H,16,17). The Morgan fingerprint density at radius 2 is 2.06 bits per heavy atom. The number of carboxylic acid groups (broad SMARTS) is 1. The molecule has 1 saturated heterocycles. The van der Waals surface area contributed by atoms with E-state index < -0.39 is 5.97 Å². The molecule has 0 atom stereocenters. The molecule has 2 heterocycles. The average Bonchev–Trinajstić information content (AvgIpc) is 2.76. The van der Waals surface area contributed by atoms with Crippen LogP contribution in [-0.2, 0) is 6.54 Å². The van der Waals surface area contributed by atoms with Crippen LogP contribution in [0.4, 0.5) is 0 Å². The first-order chi connectivity index (χ1) is 8.16. The molecule has 1 aromatic rings. The average molecular weight is 238 g/mol. The van der Waals surface area contributed by atoms with Gasteiger partial charge in [0.05, 0.1) is 6.54 Å². The molecule has 0 aliphatic carbocycles. The summed E-state index contributed by atoms with van der Waals surface area (Å²) in [5, 5.41) is 13.0. The molecule has 6 heteroatoms. The molecule has 1 N–H and O–H groups in total. The van der Waals surface area contributed by atoms with Crippen LogP contribution in [0.5, 0.6) is 0 Å². The maximum atomic E-state index is 10.9. The Bertz CT molecular complexity index is 383. The second-order valence-corrected chi connectivity index (χ2v) is 4.39. The van der Waals surface area contributed by atoms with Gasteiger partial charge in [-0.15, -0.1) is 0 Å². The third-order valence-corrected chi connectivity index (χ3v) is 3.16. The van der Waals surface area contributed by atoms with Crippen molar-refractivity contribution in [3.8, 4) is 0 Å². The van der Waals surface area contributed by atoms with Gasteiger partial charge in [-0.25, -0.2) is 4.79 Å². The predicted molar refractivity (Wildman–Crippen MR) is 63.1 cm³/mol. The number of hydrogen-bond acceptors (Lipinski definition) is 4. The monoisotopic (exact) mass is 238 g/mol. The Kier molecular flexibility index (Phi) is 3.75. The van der Waals surface area contributed by atoms with Crippen molar-refractivity contribution in [2.75, 3.05) is 39.8 Å². The Hall–Kier alpha value is -1.40. The van der Waals surface area contributed by atoms with Crippen LogP contribution >= 0.6 is 0 Å². The van der Waals surface area contributed by atoms with Gasteiger partial charge in [-0.2, -0.15) is 5.10 Å². The minimum atomic E-state index is -0.916. The van der Waals surface area contributed by atoms with Gasteiger partial charge in [0.1, 0.15) is 5.69 Å². The van der Waals surface area contributed by atoms with E-state index in [-0.39, 0.29) is 5.69 Å². The number of rotatable bonds is 4. The fraction of sp³-hybridized carbons (Fsp3) is 0.636. The SMILES string of the molecule is CN1CCN(CCn2nccc2C(=O)O)CC1. The van der Waals surface area contributed by atoms with Crippen LogP contribution in [0.1, 0.15) is 10.5 Å². The fourth-order valence-electron chi connectivity index (χ4n) is 2.00. The lowest BCUT2D eigenvalue weighted by Crippen LogP contribution is -2.45. The molecule has 0 unspecified atom stereocenters. The van der Waals surface area contributed by atoms with Gasteiger partial charge in [-0.3, -0.25) is 9.58 Å². The van der Waals surface area contributed by atoms with E-state index in [1.165, 1.54) is 12.3 Å². The summed E-state index contributed by atoms with van der Waals surface area (Å²) in [4.78, 5) is 15.5. The summed E-state index contributed by atoms with van der Waals surface area (Å²) in [6, 6.07) is 1.53. The van der Waals surface area contributed by atoms with E-state index in [0.717, 1.165) is 32.7 Å². The lowest BCUT2D eigenvalue weighted by atomic mass is 10.3. The number of carbonyl (C=O) groups is 1. The highest BCUT2D eigenvalue weighted by molar-refractivity contribution is 5.85. The highest BCUT2D eigenvalue weighted by atomic mass is 16.4. The molecule has 6 nitrogen and oxygen atoms in total. The highest BCUT2D eigenvalue weighted by Crippen LogP contribution is 2.02. The molecule has 2 rings (SSSR count). The quantitative estimate of drug-likeness (QED) is 0.789. The van der Waals surface area contributed by atoms with Gasteiger partial charge in [0.15, 0.2) is 0 Å². The van der Waals surface area contributed by atoms with E-state index in [1.807, 2.05) is 0 Å². The number of carboxylic acids is 1. The van der Waals surface area contributed by atoms with E-state index in [4.69, 9.17) is 5.11 Å². The minimum Gasteiger partial charge on any atom is -0.477 e. The molecule has 1 aliphatic rings. The third kappa shape index (κ3) is 3.04. The number of hydrogen-bond donors (Lipinski definition) is 1. The van der Waals surface area contributed by atoms with Crippen molar-refractivity contribution in [1.29, 1.82) is 0 Å². The molecular formula is C11H18N4O2. The zero-order valence-corrected chi connectivity index (χ0v) is 10.0. The van der Waals surface area contributed by atoms with Crippen molar-refractivity contribution in [1.82, 2.24) is 19.6 Å². The summed E-state index contributed by atoms with van der Waals surface area (Å²) in [7, 11) is 2.12. The number of nitrogens with zero attached hydrogens (tertiary/aromatic N) is 4. The number of likely N-dealkylation sites (N-methyl/N-ethyl adjacent to an activating group) is 1. The summed E-state index contributed by atoms with van der Waals surface area (Å²) in [5.41, 5.74) is 0.263. The van der Waals surface area contributed by atoms with E-state index in [0.29, 0.717) is 6.54 Å². The van der Waals surface area contributed by atoms with Crippen molar-refractivity contribution in [2.45, 2.75) is 6.54 Å². The first kappa shape index (κ1) is 12.1. The van der Waals surface area contributed by atoms with Gasteiger partial charge in [-0.05, 0) is 13.1 Å². The van der Waals surface area contributed by atoms with Crippen molar-refractivity contribution >= 4 is 5.97 Å². The molecule has 17 heavy (non-hydrogen) atoms. The van der Waals surface area contributed by atoms with Gasteiger partial charge in [-0.1, -0.05) is 0 Å². The van der Waals surface area contributed by atoms with Crippen molar-refractivity contribution in [3.63, 3.8) is 0 Å². The fourth-order valence-corrected chi connectivity index (χ4v) is 2.00. The maximum absolute atomic E-state index is 10.9. The minimum absolute atomic E-state index is 0.263. The molecule has 94 valence electrons. The maximum Gasteiger partial charge on any atom is 0.354 e. The second-order valence-electron chi connectivity index (χ2n) is 4.39. The van der Waals surface area contributed by atoms with Crippen LogP contribution in [0.25, 0.3) is 0 Å². The Labute approximate surface area is 100 Å². The summed E-state index contributed by atoms with van der Waals surface area (Å²) in [5.74, 6) is -0.916. The molecule has 0 radical (unpaired) electrons. The van der Waals surface area contributed by atoms with Gasteiger partial charge < -0.3 is 10.0 Å². The Morgan fingerprint density at radius 3 is 2.71 bits per heavy atom. The largest absolute Gasteiger partial charge is 0.477 e. The van der Waals surface area contributed by atoms with E-state index >= 15 is 0 Å². The Morgan fingerprint density at radius 1 is 1.35 bits per heavy atom. The van der Waals surface area contributed by atoms with Crippen LogP contribution in [0.15, 0.2) is 12.3 Å². The molecule has 0 saturated carbocycles. The molecule has 0 bridgehead atoms. The lowest BCUT2D eigenvalue weighted by molar-refractivity contribution is 0.0681. The van der Waals surface area contributed by atoms with E-state index in [9.17, 15) is 4.79 Å². The first-order valence-electron chi connectivity index (χ1n) is 5.83. The van der Waals surface area contributed by atoms with Crippen LogP contribution < -0.4 is 0 Å². The topological polar surface area (TPSA) is 61.6 Å². The summed E-state index contributed by atoms with van der Waals surface area (Å²) in [6.07, 6.45) is 1.54. The first-order valence-corrected chi connectivity index (χ1v) is 5.83. The smallest absolute Gasteiger partial charge is 0.354 e. The summed E-state index contributed by atoms with van der Waals surface area (Å²) in [6.45, 7) is 5.73. The van der Waals surface area contributed by atoms with Gasteiger partial charge >= 0.3 is 5.97 Å². The van der Waals surface area contributed by atoms with Gasteiger partial charge in [0.2, 0.25) is 0 Å². The van der Waals surface area contributed by atoms with E-state index in [2.05, 4.69) is 21.9 Å². The number of aromatic nitrogens is 2. The predicted octanol–water partition coefficient (Wildman–Crippen LogP) is -0.171. The van der Waals surface area contributed by atoms with Gasteiger partial charge in [0, 0.05) is 38.9 Å². The zero-order valence-electron chi connectivity index (χ0n) is 10.0. The van der Waals surface area contributed by atoms with Crippen molar-refractivity contribution < 1.29 is 9.90 Å². The Balaban J connectivity index is 1.85. The van der Waals surface area contributed by atoms with Gasteiger partial charge in [0.25, 0.3) is 0 Å². The normalized spacial score (nSPS) is 18.4. The van der Waals surface area contributed by atoms with Crippen LogP contribution in [0.3, 0.4) is 0 Å². The van der Waals surface area contributed by atoms with Crippen molar-refractivity contribution in [3.05, 3.63) is 18.0 Å². The zero-order chi connectivity index (χ0) is 12.3. The van der Waals surface area contributed by atoms with E-state index in [1.54, 1.807) is 4.68 Å². The number of piperazine rings is 1. The third-order valence-electron chi connectivity index (χ3n) is 3.16. The summed E-state index contributed by atoms with van der Waals surface area (Å²) >= 11 is 0. The van der Waals surface area contributed by atoms with Crippen LogP contribution in [0, 0.1) is 0 Å². The highest BCUT2D eigenvalue weighted by Gasteiger charge is 2.15. The van der Waals surface area contributed by atoms with Crippen LogP contribution in [-0.4, -0.2) is 70.4 Å². The molecule has 0 spiro atoms. The van der Waals surface area contributed by atoms with Crippen molar-refractivity contribution in [2.24, 2.45) is 0 Å². The lowest BCUT2D eigenvalue weighted by Gasteiger charge is -2.32. The molecule has 1 fully saturated rings. The van der Waals surface area contributed by atoms with Crippen LogP contribution in [0.2, 0.25) is 0 Å². The summed E-state index contributed by atoms with van der Waals surface area (Å²) < 4.78 is 1.56. The molecule has 0 aromatic carbocycles. The molecular weight excluding hydrogens is 220 g/mol. The molecule has 0 amide bonds. The molecule has 1 aliphatic heterocycles.